The van der Waals surface area contributed by atoms with Crippen LogP contribution in [0.4, 0.5) is 11.4 Å². The van der Waals surface area contributed by atoms with Crippen molar-refractivity contribution in [3.05, 3.63) is 65.0 Å². The number of benzene rings is 2. The van der Waals surface area contributed by atoms with Crippen molar-refractivity contribution >= 4 is 28.6 Å². The largest absolute Gasteiger partial charge is 0.378 e. The molecule has 0 saturated carbocycles. The molecule has 1 N–H and O–H groups in total. The summed E-state index contributed by atoms with van der Waals surface area (Å²) in [6.07, 6.45) is 0. The van der Waals surface area contributed by atoms with Crippen LogP contribution in [0.3, 0.4) is 0 Å². The number of ether oxygens (including phenoxy) is 1. The fraction of sp³-hybridized carbons (Fsp3) is 0.200. The lowest BCUT2D eigenvalue weighted by Crippen LogP contribution is -2.36. The third-order valence-corrected chi connectivity index (χ3v) is 4.94. The lowest BCUT2D eigenvalue weighted by Gasteiger charge is -2.29. The predicted molar refractivity (Wildman–Crippen MR) is 105 cm³/mol. The van der Waals surface area contributed by atoms with E-state index in [1.54, 1.807) is 16.8 Å². The van der Waals surface area contributed by atoms with Crippen LogP contribution >= 0.6 is 11.3 Å². The van der Waals surface area contributed by atoms with E-state index in [1.807, 2.05) is 47.8 Å². The van der Waals surface area contributed by atoms with Crippen molar-refractivity contribution in [1.29, 1.82) is 0 Å². The van der Waals surface area contributed by atoms with Crippen LogP contribution in [-0.2, 0) is 4.74 Å². The molecule has 0 radical (unpaired) electrons. The summed E-state index contributed by atoms with van der Waals surface area (Å²) in [5.41, 5.74) is 6.27. The smallest absolute Gasteiger partial charge is 0.255 e. The molecule has 1 amide bonds. The molecule has 0 unspecified atom stereocenters. The van der Waals surface area contributed by atoms with Gasteiger partial charge in [-0.05, 0) is 30.3 Å². The molecule has 1 aromatic heterocycles. The van der Waals surface area contributed by atoms with Gasteiger partial charge in [-0.25, -0.2) is 4.98 Å². The number of nitrogens with one attached hydrogen (secondary N) is 1. The number of aromatic nitrogens is 1. The van der Waals surface area contributed by atoms with Crippen LogP contribution in [0.25, 0.3) is 11.3 Å². The van der Waals surface area contributed by atoms with Crippen LogP contribution < -0.4 is 10.2 Å². The minimum absolute atomic E-state index is 0.117. The Morgan fingerprint density at radius 1 is 1.12 bits per heavy atom. The molecule has 1 fully saturated rings. The van der Waals surface area contributed by atoms with Gasteiger partial charge in [0, 0.05) is 41.0 Å². The molecule has 2 heterocycles. The molecule has 1 aliphatic rings. The number of carbonyl (C=O) groups excluding carboxylic acids is 1. The first-order valence-corrected chi connectivity index (χ1v) is 9.46. The molecule has 6 heteroatoms. The molecule has 0 aliphatic carbocycles. The van der Waals surface area contributed by atoms with Crippen LogP contribution in [0.2, 0.25) is 0 Å². The van der Waals surface area contributed by atoms with Crippen LogP contribution in [0.1, 0.15) is 10.4 Å². The number of carbonyl (C=O) groups is 1. The fourth-order valence-corrected chi connectivity index (χ4v) is 3.51. The number of amides is 1. The molecule has 0 atom stereocenters. The number of hydrogen-bond acceptors (Lipinski definition) is 5. The summed E-state index contributed by atoms with van der Waals surface area (Å²) in [5, 5.41) is 4.97. The number of morpholine rings is 1. The minimum atomic E-state index is -0.117. The van der Waals surface area contributed by atoms with Crippen molar-refractivity contribution in [3.8, 4) is 11.3 Å². The highest BCUT2D eigenvalue weighted by molar-refractivity contribution is 7.07. The third-order valence-electron chi connectivity index (χ3n) is 4.36. The van der Waals surface area contributed by atoms with E-state index >= 15 is 0 Å². The molecule has 1 saturated heterocycles. The van der Waals surface area contributed by atoms with Crippen LogP contribution in [-0.4, -0.2) is 37.2 Å². The minimum Gasteiger partial charge on any atom is -0.378 e. The van der Waals surface area contributed by atoms with E-state index in [0.29, 0.717) is 5.56 Å². The average molecular weight is 365 g/mol. The topological polar surface area (TPSA) is 54.5 Å². The van der Waals surface area contributed by atoms with Gasteiger partial charge in [-0.15, -0.1) is 11.3 Å². The Morgan fingerprint density at radius 2 is 1.92 bits per heavy atom. The number of hydrogen-bond donors (Lipinski definition) is 1. The van der Waals surface area contributed by atoms with Gasteiger partial charge < -0.3 is 15.0 Å². The Hall–Kier alpha value is -2.70. The summed E-state index contributed by atoms with van der Waals surface area (Å²) in [4.78, 5) is 19.1. The molecule has 1 aliphatic heterocycles. The van der Waals surface area contributed by atoms with Gasteiger partial charge >= 0.3 is 0 Å². The first-order valence-electron chi connectivity index (χ1n) is 8.52. The molecule has 2 aromatic carbocycles. The van der Waals surface area contributed by atoms with Crippen molar-refractivity contribution in [3.63, 3.8) is 0 Å². The molecular weight excluding hydrogens is 346 g/mol. The third kappa shape index (κ3) is 3.76. The average Bonchev–Trinajstić information content (AvgIpc) is 3.24. The van der Waals surface area contributed by atoms with Gasteiger partial charge in [0.1, 0.15) is 0 Å². The second-order valence-corrected chi connectivity index (χ2v) is 6.77. The summed E-state index contributed by atoms with van der Waals surface area (Å²) in [6, 6.07) is 15.4. The molecule has 0 spiro atoms. The normalized spacial score (nSPS) is 14.2. The quantitative estimate of drug-likeness (QED) is 0.762. The van der Waals surface area contributed by atoms with E-state index in [2.05, 4.69) is 21.3 Å². The van der Waals surface area contributed by atoms with E-state index in [0.717, 1.165) is 48.9 Å². The first-order chi connectivity index (χ1) is 12.8. The second kappa shape index (κ2) is 7.68. The van der Waals surface area contributed by atoms with E-state index in [4.69, 9.17) is 4.74 Å². The Balaban J connectivity index is 1.46. The zero-order valence-corrected chi connectivity index (χ0v) is 15.0. The molecule has 26 heavy (non-hydrogen) atoms. The number of nitrogens with zero attached hydrogens (tertiary/aromatic N) is 2. The van der Waals surface area contributed by atoms with Gasteiger partial charge in [-0.1, -0.05) is 18.2 Å². The number of anilines is 2. The van der Waals surface area contributed by atoms with Crippen LogP contribution in [0, 0.1) is 0 Å². The summed E-state index contributed by atoms with van der Waals surface area (Å²) in [6.45, 7) is 3.22. The highest BCUT2D eigenvalue weighted by Gasteiger charge is 2.12. The van der Waals surface area contributed by atoms with E-state index in [1.165, 1.54) is 0 Å². The summed E-state index contributed by atoms with van der Waals surface area (Å²) in [5.74, 6) is -0.117. The SMILES string of the molecule is O=C(Nc1cccc(N2CCOCC2)c1)c1ccc(-c2cscn2)cc1. The molecule has 132 valence electrons. The summed E-state index contributed by atoms with van der Waals surface area (Å²) < 4.78 is 5.40. The van der Waals surface area contributed by atoms with Gasteiger partial charge in [0.05, 0.1) is 24.4 Å². The maximum Gasteiger partial charge on any atom is 0.255 e. The maximum absolute atomic E-state index is 12.5. The van der Waals surface area contributed by atoms with Crippen molar-refractivity contribution in [2.24, 2.45) is 0 Å². The number of thiazole rings is 1. The van der Waals surface area contributed by atoms with Crippen LogP contribution in [0.15, 0.2) is 59.4 Å². The molecule has 4 rings (SSSR count). The van der Waals surface area contributed by atoms with Gasteiger partial charge in [-0.2, -0.15) is 0 Å². The van der Waals surface area contributed by atoms with Gasteiger partial charge in [0.2, 0.25) is 0 Å². The summed E-state index contributed by atoms with van der Waals surface area (Å²) in [7, 11) is 0. The predicted octanol–water partition coefficient (Wildman–Crippen LogP) is 3.90. The van der Waals surface area contributed by atoms with Crippen molar-refractivity contribution in [2.75, 3.05) is 36.5 Å². The molecular formula is C20H19N3O2S. The highest BCUT2D eigenvalue weighted by Crippen LogP contribution is 2.22. The van der Waals surface area contributed by atoms with Gasteiger partial charge in [0.15, 0.2) is 0 Å². The molecule has 3 aromatic rings. The van der Waals surface area contributed by atoms with E-state index in [9.17, 15) is 4.79 Å². The van der Waals surface area contributed by atoms with Crippen molar-refractivity contribution < 1.29 is 9.53 Å². The maximum atomic E-state index is 12.5. The lowest BCUT2D eigenvalue weighted by atomic mass is 10.1. The highest BCUT2D eigenvalue weighted by atomic mass is 32.1. The van der Waals surface area contributed by atoms with Gasteiger partial charge in [-0.3, -0.25) is 4.79 Å². The zero-order valence-electron chi connectivity index (χ0n) is 14.2. The summed E-state index contributed by atoms with van der Waals surface area (Å²) >= 11 is 1.56. The monoisotopic (exact) mass is 365 g/mol. The Labute approximate surface area is 156 Å². The van der Waals surface area contributed by atoms with Crippen LogP contribution in [0.5, 0.6) is 0 Å². The fourth-order valence-electron chi connectivity index (χ4n) is 2.95. The first kappa shape index (κ1) is 16.8. The standard InChI is InChI=1S/C20H19N3O2S/c24-20(16-6-4-15(5-7-16)19-13-26-14-21-19)22-17-2-1-3-18(12-17)23-8-10-25-11-9-23/h1-7,12-14H,8-11H2,(H,22,24). The zero-order chi connectivity index (χ0) is 17.8. The Kier molecular flexibility index (Phi) is 4.95. The second-order valence-electron chi connectivity index (χ2n) is 6.05. The van der Waals surface area contributed by atoms with E-state index in [-0.39, 0.29) is 5.91 Å². The molecule has 0 bridgehead atoms. The van der Waals surface area contributed by atoms with Crippen molar-refractivity contribution in [1.82, 2.24) is 4.98 Å². The lowest BCUT2D eigenvalue weighted by molar-refractivity contribution is 0.102. The van der Waals surface area contributed by atoms with Gasteiger partial charge in [0.25, 0.3) is 5.91 Å². The van der Waals surface area contributed by atoms with Crippen molar-refractivity contribution in [2.45, 2.75) is 0 Å². The molecule has 5 nitrogen and oxygen atoms in total. The Bertz CT molecular complexity index is 872. The Morgan fingerprint density at radius 3 is 2.65 bits per heavy atom. The van der Waals surface area contributed by atoms with E-state index < -0.39 is 0 Å². The number of rotatable bonds is 4.